The van der Waals surface area contributed by atoms with Gasteiger partial charge in [0.2, 0.25) is 0 Å². The molecule has 0 atom stereocenters. The molecule has 6 nitrogen and oxygen atoms in total. The lowest BCUT2D eigenvalue weighted by atomic mass is 10.0. The van der Waals surface area contributed by atoms with Gasteiger partial charge in [0.15, 0.2) is 5.82 Å². The summed E-state index contributed by atoms with van der Waals surface area (Å²) < 4.78 is 5.81. The summed E-state index contributed by atoms with van der Waals surface area (Å²) in [6, 6.07) is 15.0. The van der Waals surface area contributed by atoms with Crippen LogP contribution < -0.4 is 4.74 Å². The Morgan fingerprint density at radius 3 is 2.56 bits per heavy atom. The number of rotatable bonds is 5. The number of nitrogens with zero attached hydrogens (tertiary/aromatic N) is 3. The molecule has 0 spiro atoms. The fourth-order valence-corrected chi connectivity index (χ4v) is 2.64. The van der Waals surface area contributed by atoms with Gasteiger partial charge in [-0.1, -0.05) is 12.1 Å². The maximum Gasteiger partial charge on any atom is 0.339 e. The van der Waals surface area contributed by atoms with Crippen LogP contribution in [0.2, 0.25) is 0 Å². The van der Waals surface area contributed by atoms with Gasteiger partial charge in [-0.25, -0.2) is 14.8 Å². The molecule has 1 N–H and O–H groups in total. The predicted octanol–water partition coefficient (Wildman–Crippen LogP) is 3.91. The van der Waals surface area contributed by atoms with Crippen molar-refractivity contribution in [3.05, 3.63) is 76.6 Å². The molecule has 0 saturated carbocycles. The van der Waals surface area contributed by atoms with Crippen LogP contribution in [-0.2, 0) is 6.61 Å². The van der Waals surface area contributed by atoms with Crippen LogP contribution in [0.3, 0.4) is 0 Å². The summed E-state index contributed by atoms with van der Waals surface area (Å²) in [5.41, 5.74) is 3.79. The van der Waals surface area contributed by atoms with Crippen LogP contribution in [0.1, 0.15) is 32.7 Å². The van der Waals surface area contributed by atoms with E-state index in [4.69, 9.17) is 15.1 Å². The second kappa shape index (κ2) is 7.67. The van der Waals surface area contributed by atoms with Gasteiger partial charge in [0.1, 0.15) is 12.4 Å². The molecular formula is C21H17N3O3. The largest absolute Gasteiger partial charge is 0.489 e. The molecule has 0 aliphatic carbocycles. The lowest BCUT2D eigenvalue weighted by Crippen LogP contribution is -2.04. The smallest absolute Gasteiger partial charge is 0.339 e. The van der Waals surface area contributed by atoms with Gasteiger partial charge in [0, 0.05) is 11.8 Å². The van der Waals surface area contributed by atoms with Crippen LogP contribution in [0.15, 0.2) is 48.7 Å². The van der Waals surface area contributed by atoms with Crippen LogP contribution in [0.5, 0.6) is 5.75 Å². The Morgan fingerprint density at radius 1 is 1.19 bits per heavy atom. The topological polar surface area (TPSA) is 96.1 Å². The number of ether oxygens (including phenoxy) is 1. The Morgan fingerprint density at radius 2 is 1.93 bits per heavy atom. The van der Waals surface area contributed by atoms with Crippen LogP contribution >= 0.6 is 0 Å². The van der Waals surface area contributed by atoms with Gasteiger partial charge in [-0.05, 0) is 55.3 Å². The van der Waals surface area contributed by atoms with E-state index < -0.39 is 5.97 Å². The first-order valence-corrected chi connectivity index (χ1v) is 8.28. The number of carboxylic acid groups (broad SMARTS) is 1. The standard InChI is InChI=1S/C21H17N3O3/c1-13-16(10-22)4-3-5-17(13)12-27-18-8-6-15(7-9-18)20-23-11-19(21(25)26)14(2)24-20/h3-9,11H,12H2,1-2H3,(H,25,26). The highest BCUT2D eigenvalue weighted by atomic mass is 16.5. The van der Waals surface area contributed by atoms with Gasteiger partial charge in [-0.2, -0.15) is 5.26 Å². The van der Waals surface area contributed by atoms with E-state index in [0.29, 0.717) is 29.4 Å². The zero-order chi connectivity index (χ0) is 19.4. The first-order chi connectivity index (χ1) is 13.0. The molecule has 0 saturated heterocycles. The summed E-state index contributed by atoms with van der Waals surface area (Å²) in [5, 5.41) is 18.2. The highest BCUT2D eigenvalue weighted by Gasteiger charge is 2.11. The van der Waals surface area contributed by atoms with E-state index in [9.17, 15) is 4.79 Å². The summed E-state index contributed by atoms with van der Waals surface area (Å²) in [6.07, 6.45) is 1.31. The minimum absolute atomic E-state index is 0.0914. The van der Waals surface area contributed by atoms with Crippen LogP contribution in [-0.4, -0.2) is 21.0 Å². The van der Waals surface area contributed by atoms with Gasteiger partial charge in [-0.3, -0.25) is 0 Å². The average molecular weight is 359 g/mol. The molecule has 1 heterocycles. The van der Waals surface area contributed by atoms with E-state index in [1.54, 1.807) is 13.0 Å². The number of nitriles is 1. The van der Waals surface area contributed by atoms with E-state index in [1.165, 1.54) is 6.20 Å². The average Bonchev–Trinajstić information content (AvgIpc) is 2.67. The van der Waals surface area contributed by atoms with Crippen LogP contribution in [0, 0.1) is 25.2 Å². The van der Waals surface area contributed by atoms with Crippen LogP contribution in [0.4, 0.5) is 0 Å². The zero-order valence-corrected chi connectivity index (χ0v) is 14.9. The Labute approximate surface area is 156 Å². The van der Waals surface area contributed by atoms with Crippen molar-refractivity contribution in [2.45, 2.75) is 20.5 Å². The van der Waals surface area contributed by atoms with Gasteiger partial charge in [0.25, 0.3) is 0 Å². The number of aryl methyl sites for hydroxylation is 1. The summed E-state index contributed by atoms with van der Waals surface area (Å²) in [4.78, 5) is 19.4. The van der Waals surface area contributed by atoms with Crippen molar-refractivity contribution in [3.63, 3.8) is 0 Å². The van der Waals surface area contributed by atoms with E-state index in [-0.39, 0.29) is 5.56 Å². The third kappa shape index (κ3) is 3.93. The second-order valence-electron chi connectivity index (χ2n) is 6.01. The highest BCUT2D eigenvalue weighted by molar-refractivity contribution is 5.88. The lowest BCUT2D eigenvalue weighted by Gasteiger charge is -2.10. The third-order valence-corrected chi connectivity index (χ3v) is 4.28. The maximum atomic E-state index is 11.1. The van der Waals surface area contributed by atoms with Crippen molar-refractivity contribution in [1.29, 1.82) is 5.26 Å². The highest BCUT2D eigenvalue weighted by Crippen LogP contribution is 2.22. The summed E-state index contributed by atoms with van der Waals surface area (Å²) in [5.74, 6) is 0.0968. The van der Waals surface area contributed by atoms with Gasteiger partial charge < -0.3 is 9.84 Å². The fourth-order valence-electron chi connectivity index (χ4n) is 2.64. The van der Waals surface area contributed by atoms with E-state index >= 15 is 0 Å². The quantitative estimate of drug-likeness (QED) is 0.742. The minimum atomic E-state index is -1.04. The SMILES string of the molecule is Cc1nc(-c2ccc(OCc3cccc(C#N)c3C)cc2)ncc1C(=O)O. The number of aromatic carboxylic acids is 1. The van der Waals surface area contributed by atoms with Gasteiger partial charge >= 0.3 is 5.97 Å². The maximum absolute atomic E-state index is 11.1. The first-order valence-electron chi connectivity index (χ1n) is 8.28. The molecule has 3 aromatic rings. The Balaban J connectivity index is 1.74. The summed E-state index contributed by atoms with van der Waals surface area (Å²) >= 11 is 0. The summed E-state index contributed by atoms with van der Waals surface area (Å²) in [6.45, 7) is 3.91. The molecule has 3 rings (SSSR count). The number of benzene rings is 2. The van der Waals surface area contributed by atoms with Crippen molar-refractivity contribution < 1.29 is 14.6 Å². The molecule has 134 valence electrons. The van der Waals surface area contributed by atoms with E-state index in [0.717, 1.165) is 16.7 Å². The number of hydrogen-bond acceptors (Lipinski definition) is 5. The monoisotopic (exact) mass is 359 g/mol. The van der Waals surface area contributed by atoms with Crippen LogP contribution in [0.25, 0.3) is 11.4 Å². The molecule has 0 aliphatic rings. The Bertz CT molecular complexity index is 1040. The van der Waals surface area contributed by atoms with Crippen molar-refractivity contribution in [1.82, 2.24) is 9.97 Å². The fraction of sp³-hybridized carbons (Fsp3) is 0.143. The van der Waals surface area contributed by atoms with Crippen molar-refractivity contribution in [2.24, 2.45) is 0 Å². The Kier molecular flexibility index (Phi) is 5.13. The van der Waals surface area contributed by atoms with Gasteiger partial charge in [0.05, 0.1) is 22.9 Å². The number of carboxylic acids is 1. The van der Waals surface area contributed by atoms with E-state index in [2.05, 4.69) is 16.0 Å². The second-order valence-corrected chi connectivity index (χ2v) is 6.01. The number of hydrogen-bond donors (Lipinski definition) is 1. The van der Waals surface area contributed by atoms with Crippen molar-refractivity contribution >= 4 is 5.97 Å². The minimum Gasteiger partial charge on any atom is -0.489 e. The molecule has 0 radical (unpaired) electrons. The van der Waals surface area contributed by atoms with Crippen molar-refractivity contribution in [3.8, 4) is 23.2 Å². The number of carbonyl (C=O) groups is 1. The lowest BCUT2D eigenvalue weighted by molar-refractivity contribution is 0.0695. The molecule has 6 heteroatoms. The molecular weight excluding hydrogens is 342 g/mol. The van der Waals surface area contributed by atoms with Crippen molar-refractivity contribution in [2.75, 3.05) is 0 Å². The molecule has 0 fully saturated rings. The molecule has 1 aromatic heterocycles. The summed E-state index contributed by atoms with van der Waals surface area (Å²) in [7, 11) is 0. The van der Waals surface area contributed by atoms with Gasteiger partial charge in [-0.15, -0.1) is 0 Å². The molecule has 0 amide bonds. The molecule has 0 bridgehead atoms. The molecule has 0 aliphatic heterocycles. The molecule has 27 heavy (non-hydrogen) atoms. The normalized spacial score (nSPS) is 10.3. The predicted molar refractivity (Wildman–Crippen MR) is 99.4 cm³/mol. The Hall–Kier alpha value is -3.72. The molecule has 0 unspecified atom stereocenters. The first kappa shape index (κ1) is 18.1. The molecule has 2 aromatic carbocycles. The third-order valence-electron chi connectivity index (χ3n) is 4.28. The van der Waals surface area contributed by atoms with E-state index in [1.807, 2.05) is 43.3 Å². The number of aromatic nitrogens is 2. The zero-order valence-electron chi connectivity index (χ0n) is 14.9.